The number of carboxylic acid groups (broad SMARTS) is 1. The van der Waals surface area contributed by atoms with Gasteiger partial charge in [0.1, 0.15) is 23.5 Å². The molecular weight excluding hydrogens is 562 g/mol. The van der Waals surface area contributed by atoms with Crippen LogP contribution in [-0.4, -0.2) is 73.3 Å². The molecule has 0 radical (unpaired) electrons. The van der Waals surface area contributed by atoms with Gasteiger partial charge in [-0.05, 0) is 25.3 Å². The number of alkyl halides is 1. The first-order chi connectivity index (χ1) is 19.4. The van der Waals surface area contributed by atoms with Crippen molar-refractivity contribution in [1.82, 2.24) is 24.6 Å². The number of methoxy groups -OCH3 is 1. The van der Waals surface area contributed by atoms with Gasteiger partial charge >= 0.3 is 13.7 Å². The Morgan fingerprint density at radius 3 is 2.76 bits per heavy atom. The van der Waals surface area contributed by atoms with Gasteiger partial charge in [-0.15, -0.1) is 0 Å². The summed E-state index contributed by atoms with van der Waals surface area (Å²) in [5.41, 5.74) is 3.97. The predicted octanol–water partition coefficient (Wildman–Crippen LogP) is 2.82. The number of anilines is 1. The summed E-state index contributed by atoms with van der Waals surface area (Å²) >= 11 is 0. The molecule has 2 aromatic heterocycles. The summed E-state index contributed by atoms with van der Waals surface area (Å²) < 4.78 is 53.0. The number of aliphatic carboxylic acids is 1. The third kappa shape index (κ3) is 5.42. The Balaban J connectivity index is 1.42. The highest BCUT2D eigenvalue weighted by Crippen LogP contribution is 2.49. The minimum absolute atomic E-state index is 0.0747. The zero-order valence-electron chi connectivity index (χ0n) is 22.2. The van der Waals surface area contributed by atoms with E-state index in [4.69, 9.17) is 24.3 Å². The molecule has 1 saturated heterocycles. The highest BCUT2D eigenvalue weighted by atomic mass is 31.2. The average Bonchev–Trinajstić information content (AvgIpc) is 3.44. The molecule has 0 aliphatic carbocycles. The van der Waals surface area contributed by atoms with Gasteiger partial charge in [-0.25, -0.2) is 13.9 Å². The van der Waals surface area contributed by atoms with E-state index < -0.39 is 50.5 Å². The molecule has 0 bridgehead atoms. The second kappa shape index (κ2) is 10.8. The maximum Gasteiger partial charge on any atom is 0.459 e. The fourth-order valence-corrected chi connectivity index (χ4v) is 6.06. The molecule has 5 N–H and O–H groups in total. The van der Waals surface area contributed by atoms with Crippen LogP contribution in [0.25, 0.3) is 21.9 Å². The minimum Gasteiger partial charge on any atom is -0.480 e. The number of aromatic nitrogens is 4. The number of hydrogen-bond donors (Lipinski definition) is 4. The smallest absolute Gasteiger partial charge is 0.459 e. The number of nitrogens with one attached hydrogen (secondary N) is 1. The van der Waals surface area contributed by atoms with Gasteiger partial charge in [0, 0.05) is 5.39 Å². The van der Waals surface area contributed by atoms with Crippen LogP contribution in [0.4, 0.5) is 10.3 Å². The van der Waals surface area contributed by atoms with Gasteiger partial charge in [0.15, 0.2) is 23.6 Å². The number of nitrogens with two attached hydrogens (primary N) is 1. The van der Waals surface area contributed by atoms with Crippen LogP contribution in [0.15, 0.2) is 48.8 Å². The Kier molecular flexibility index (Phi) is 7.57. The molecule has 0 spiro atoms. The van der Waals surface area contributed by atoms with Crippen molar-refractivity contribution >= 4 is 41.6 Å². The average molecular weight is 591 g/mol. The Bertz CT molecular complexity index is 1650. The number of fused-ring (bicyclic) bond motifs is 2. The van der Waals surface area contributed by atoms with Gasteiger partial charge in [-0.1, -0.05) is 36.4 Å². The fraction of sp³-hybridized carbons (Fsp3) is 0.360. The molecule has 2 unspecified atom stereocenters. The molecule has 4 aromatic rings. The van der Waals surface area contributed by atoms with E-state index in [9.17, 15) is 19.6 Å². The number of ether oxygens (including phenoxy) is 2. The van der Waals surface area contributed by atoms with Crippen molar-refractivity contribution < 1.29 is 42.5 Å². The van der Waals surface area contributed by atoms with E-state index in [0.717, 1.165) is 5.39 Å². The van der Waals surface area contributed by atoms with Crippen LogP contribution in [0, 0.1) is 0 Å². The lowest BCUT2D eigenvalue weighted by atomic mass is 9.98. The van der Waals surface area contributed by atoms with E-state index in [1.807, 2.05) is 18.2 Å². The largest absolute Gasteiger partial charge is 0.480 e. The maximum absolute atomic E-state index is 15.6. The van der Waals surface area contributed by atoms with E-state index in [0.29, 0.717) is 5.39 Å². The first-order valence-corrected chi connectivity index (χ1v) is 14.0. The van der Waals surface area contributed by atoms with Crippen LogP contribution in [0.5, 0.6) is 11.6 Å². The Labute approximate surface area is 232 Å². The molecule has 14 nitrogen and oxygen atoms in total. The molecule has 3 heterocycles. The molecule has 41 heavy (non-hydrogen) atoms. The molecule has 0 amide bonds. The number of imidazole rings is 1. The highest BCUT2D eigenvalue weighted by molar-refractivity contribution is 7.52. The summed E-state index contributed by atoms with van der Waals surface area (Å²) in [6.07, 6.45) is -3.60. The van der Waals surface area contributed by atoms with Crippen LogP contribution in [0.3, 0.4) is 0 Å². The van der Waals surface area contributed by atoms with Crippen molar-refractivity contribution in [2.45, 2.75) is 44.0 Å². The van der Waals surface area contributed by atoms with Gasteiger partial charge in [-0.2, -0.15) is 15.1 Å². The third-order valence-corrected chi connectivity index (χ3v) is 8.27. The zero-order valence-corrected chi connectivity index (χ0v) is 23.1. The number of rotatable bonds is 10. The van der Waals surface area contributed by atoms with Gasteiger partial charge < -0.3 is 29.9 Å². The number of benzene rings is 2. The van der Waals surface area contributed by atoms with Crippen LogP contribution in [-0.2, 0) is 18.6 Å². The number of carbonyl (C=O) groups is 1. The summed E-state index contributed by atoms with van der Waals surface area (Å²) in [5, 5.41) is 24.3. The lowest BCUT2D eigenvalue weighted by Gasteiger charge is -2.26. The number of nitrogen functional groups attached to an aromatic ring is 1. The number of halogens is 1. The Morgan fingerprint density at radius 2 is 2.02 bits per heavy atom. The molecule has 1 aliphatic rings. The van der Waals surface area contributed by atoms with Gasteiger partial charge in [0.25, 0.3) is 0 Å². The van der Waals surface area contributed by atoms with Crippen LogP contribution < -0.4 is 20.1 Å². The summed E-state index contributed by atoms with van der Waals surface area (Å²) in [7, 11) is -3.08. The van der Waals surface area contributed by atoms with Gasteiger partial charge in [0.05, 0.1) is 20.0 Å². The molecule has 16 heteroatoms. The number of carboxylic acids is 1. The maximum atomic E-state index is 15.6. The van der Waals surface area contributed by atoms with Crippen LogP contribution >= 0.6 is 7.75 Å². The van der Waals surface area contributed by atoms with Crippen LogP contribution in [0.1, 0.15) is 20.1 Å². The topological polar surface area (TPSA) is 193 Å². The quantitative estimate of drug-likeness (QED) is 0.197. The number of aliphatic hydroxyl groups is 1. The monoisotopic (exact) mass is 590 g/mol. The van der Waals surface area contributed by atoms with Crippen LogP contribution in [0.2, 0.25) is 0 Å². The lowest BCUT2D eigenvalue weighted by Crippen LogP contribution is -2.42. The SMILES string of the molecule is COc1nc(N)nc2c1ncn2[C@@H]1O[C@H](COP(=O)(NC(C)C(=O)O)Oc2cccc3ccccc23)[C@@H](F)[C@@]1(C)O. The van der Waals surface area contributed by atoms with E-state index in [2.05, 4.69) is 20.0 Å². The summed E-state index contributed by atoms with van der Waals surface area (Å²) in [6.45, 7) is 1.79. The Hall–Kier alpha value is -3.88. The van der Waals surface area contributed by atoms with E-state index in [-0.39, 0.29) is 28.7 Å². The summed E-state index contributed by atoms with van der Waals surface area (Å²) in [6, 6.07) is 10.8. The number of nitrogens with zero attached hydrogens (tertiary/aromatic N) is 4. The van der Waals surface area contributed by atoms with Crippen molar-refractivity contribution in [2.75, 3.05) is 19.5 Å². The van der Waals surface area contributed by atoms with Gasteiger partial charge in [0.2, 0.25) is 11.8 Å². The molecule has 6 atom stereocenters. The molecule has 2 aromatic carbocycles. The molecule has 218 valence electrons. The summed E-state index contributed by atoms with van der Waals surface area (Å²) in [5.74, 6) is -1.23. The first-order valence-electron chi connectivity index (χ1n) is 12.4. The highest BCUT2D eigenvalue weighted by Gasteiger charge is 2.55. The Morgan fingerprint density at radius 1 is 1.29 bits per heavy atom. The zero-order chi connectivity index (χ0) is 29.5. The van der Waals surface area contributed by atoms with Crippen molar-refractivity contribution in [1.29, 1.82) is 0 Å². The third-order valence-electron chi connectivity index (χ3n) is 6.64. The van der Waals surface area contributed by atoms with Crippen molar-refractivity contribution in [2.24, 2.45) is 0 Å². The molecular formula is C25H28FN6O8P. The van der Waals surface area contributed by atoms with Crippen molar-refractivity contribution in [3.05, 3.63) is 48.8 Å². The standard InChI is InChI=1S/C25H28FN6O8P/c1-13(22(33)34)31-41(36,40-16-10-6-8-14-7-4-5-9-15(14)16)38-11-17-19(26)25(2,35)23(39-17)32-12-28-18-20(32)29-24(27)30-21(18)37-3/h4-10,12-13,17,19,23,35H,11H2,1-3H3,(H,31,36)(H,33,34)(H2,27,29,30)/t13?,17-,19-,23-,25-,41?/m1/s1. The predicted molar refractivity (Wildman–Crippen MR) is 144 cm³/mol. The summed E-state index contributed by atoms with van der Waals surface area (Å²) in [4.78, 5) is 23.8. The molecule has 1 aliphatic heterocycles. The first kappa shape index (κ1) is 28.6. The van der Waals surface area contributed by atoms with Gasteiger partial charge in [-0.3, -0.25) is 13.9 Å². The normalized spacial score (nSPS) is 24.8. The van der Waals surface area contributed by atoms with E-state index >= 15 is 4.39 Å². The fourth-order valence-electron chi connectivity index (χ4n) is 4.54. The molecule has 0 saturated carbocycles. The van der Waals surface area contributed by atoms with Crippen molar-refractivity contribution in [3.8, 4) is 11.6 Å². The van der Waals surface area contributed by atoms with Crippen molar-refractivity contribution in [3.63, 3.8) is 0 Å². The second-order valence-electron chi connectivity index (χ2n) is 9.62. The molecule has 5 rings (SSSR count). The van der Waals surface area contributed by atoms with E-state index in [1.54, 1.807) is 24.3 Å². The van der Waals surface area contributed by atoms with E-state index in [1.165, 1.54) is 31.9 Å². The minimum atomic E-state index is -4.44. The number of hydrogen-bond acceptors (Lipinski definition) is 11. The lowest BCUT2D eigenvalue weighted by molar-refractivity contribution is -0.138. The second-order valence-corrected chi connectivity index (χ2v) is 11.3. The molecule has 1 fully saturated rings.